The van der Waals surface area contributed by atoms with Crippen molar-refractivity contribution in [3.63, 3.8) is 0 Å². The first-order valence-corrected chi connectivity index (χ1v) is 7.32. The van der Waals surface area contributed by atoms with E-state index in [9.17, 15) is 4.79 Å². The van der Waals surface area contributed by atoms with Crippen molar-refractivity contribution in [3.8, 4) is 0 Å². The summed E-state index contributed by atoms with van der Waals surface area (Å²) in [4.78, 5) is 25.0. The SMILES string of the molecule is Cc1ncc(C(=O)N2CCCCC2CCN(C)C)cn1. The maximum absolute atomic E-state index is 12.6. The van der Waals surface area contributed by atoms with Crippen LogP contribution in [0.1, 0.15) is 41.9 Å². The van der Waals surface area contributed by atoms with Crippen molar-refractivity contribution in [1.29, 1.82) is 0 Å². The molecular weight excluding hydrogens is 252 g/mol. The summed E-state index contributed by atoms with van der Waals surface area (Å²) in [7, 11) is 4.14. The van der Waals surface area contributed by atoms with E-state index in [4.69, 9.17) is 0 Å². The molecule has 1 unspecified atom stereocenters. The second-order valence-corrected chi connectivity index (χ2v) is 5.76. The van der Waals surface area contributed by atoms with E-state index >= 15 is 0 Å². The summed E-state index contributed by atoms with van der Waals surface area (Å²) in [6.07, 6.45) is 7.73. The van der Waals surface area contributed by atoms with Crippen molar-refractivity contribution in [1.82, 2.24) is 19.8 Å². The van der Waals surface area contributed by atoms with Crippen LogP contribution < -0.4 is 0 Å². The number of nitrogens with zero attached hydrogens (tertiary/aromatic N) is 4. The molecule has 1 aromatic rings. The van der Waals surface area contributed by atoms with Gasteiger partial charge in [-0.05, 0) is 53.2 Å². The minimum atomic E-state index is 0.0773. The van der Waals surface area contributed by atoms with Crippen molar-refractivity contribution < 1.29 is 4.79 Å². The molecule has 0 saturated carbocycles. The molecule has 0 N–H and O–H groups in total. The van der Waals surface area contributed by atoms with Gasteiger partial charge in [0.15, 0.2) is 0 Å². The smallest absolute Gasteiger partial charge is 0.257 e. The monoisotopic (exact) mass is 276 g/mol. The third-order valence-electron chi connectivity index (χ3n) is 3.83. The second kappa shape index (κ2) is 6.79. The lowest BCUT2D eigenvalue weighted by Crippen LogP contribution is -2.45. The fourth-order valence-electron chi connectivity index (χ4n) is 2.64. The van der Waals surface area contributed by atoms with Gasteiger partial charge in [-0.3, -0.25) is 4.79 Å². The number of amides is 1. The number of hydrogen-bond acceptors (Lipinski definition) is 4. The number of aromatic nitrogens is 2. The first-order chi connectivity index (χ1) is 9.58. The van der Waals surface area contributed by atoms with Gasteiger partial charge in [0.2, 0.25) is 0 Å². The predicted molar refractivity (Wildman–Crippen MR) is 78.6 cm³/mol. The lowest BCUT2D eigenvalue weighted by Gasteiger charge is -2.36. The molecule has 0 aliphatic carbocycles. The lowest BCUT2D eigenvalue weighted by atomic mass is 9.98. The minimum absolute atomic E-state index is 0.0773. The minimum Gasteiger partial charge on any atom is -0.336 e. The zero-order valence-electron chi connectivity index (χ0n) is 12.7. The molecule has 20 heavy (non-hydrogen) atoms. The molecule has 0 radical (unpaired) electrons. The van der Waals surface area contributed by atoms with Gasteiger partial charge in [0.1, 0.15) is 5.82 Å². The molecule has 5 nitrogen and oxygen atoms in total. The van der Waals surface area contributed by atoms with E-state index < -0.39 is 0 Å². The summed E-state index contributed by atoms with van der Waals surface area (Å²) >= 11 is 0. The highest BCUT2D eigenvalue weighted by Crippen LogP contribution is 2.21. The highest BCUT2D eigenvalue weighted by molar-refractivity contribution is 5.93. The molecule has 1 aliphatic rings. The number of rotatable bonds is 4. The van der Waals surface area contributed by atoms with E-state index in [1.54, 1.807) is 12.4 Å². The average Bonchev–Trinajstić information content (AvgIpc) is 2.45. The number of likely N-dealkylation sites (tertiary alicyclic amines) is 1. The Labute approximate surface area is 121 Å². The third-order valence-corrected chi connectivity index (χ3v) is 3.83. The van der Waals surface area contributed by atoms with E-state index in [0.717, 1.165) is 32.4 Å². The van der Waals surface area contributed by atoms with Gasteiger partial charge in [-0.25, -0.2) is 9.97 Å². The molecule has 1 fully saturated rings. The zero-order chi connectivity index (χ0) is 14.5. The highest BCUT2D eigenvalue weighted by atomic mass is 16.2. The van der Waals surface area contributed by atoms with E-state index in [-0.39, 0.29) is 5.91 Å². The molecule has 1 saturated heterocycles. The number of hydrogen-bond donors (Lipinski definition) is 0. The Morgan fingerprint density at radius 1 is 1.35 bits per heavy atom. The first kappa shape index (κ1) is 14.9. The summed E-state index contributed by atoms with van der Waals surface area (Å²) in [5, 5.41) is 0. The zero-order valence-corrected chi connectivity index (χ0v) is 12.7. The average molecular weight is 276 g/mol. The van der Waals surface area contributed by atoms with Gasteiger partial charge in [-0.1, -0.05) is 0 Å². The third kappa shape index (κ3) is 3.76. The van der Waals surface area contributed by atoms with Crippen molar-refractivity contribution in [3.05, 3.63) is 23.8 Å². The van der Waals surface area contributed by atoms with Crippen LogP contribution in [0.15, 0.2) is 12.4 Å². The van der Waals surface area contributed by atoms with Crippen LogP contribution in [0.2, 0.25) is 0 Å². The number of carbonyl (C=O) groups excluding carboxylic acids is 1. The van der Waals surface area contributed by atoms with Crippen LogP contribution in [0.3, 0.4) is 0 Å². The van der Waals surface area contributed by atoms with Gasteiger partial charge < -0.3 is 9.80 Å². The number of carbonyl (C=O) groups is 1. The van der Waals surface area contributed by atoms with Crippen molar-refractivity contribution in [2.24, 2.45) is 0 Å². The quantitative estimate of drug-likeness (QED) is 0.840. The largest absolute Gasteiger partial charge is 0.336 e. The Bertz CT molecular complexity index is 444. The summed E-state index contributed by atoms with van der Waals surface area (Å²) < 4.78 is 0. The Kier molecular flexibility index (Phi) is 5.06. The fraction of sp³-hybridized carbons (Fsp3) is 0.667. The molecule has 2 rings (SSSR count). The van der Waals surface area contributed by atoms with E-state index in [1.807, 2.05) is 11.8 Å². The van der Waals surface area contributed by atoms with E-state index in [2.05, 4.69) is 29.0 Å². The second-order valence-electron chi connectivity index (χ2n) is 5.76. The molecule has 2 heterocycles. The van der Waals surface area contributed by atoms with Crippen molar-refractivity contribution in [2.75, 3.05) is 27.2 Å². The Balaban J connectivity index is 2.06. The van der Waals surface area contributed by atoms with Gasteiger partial charge in [-0.15, -0.1) is 0 Å². The summed E-state index contributed by atoms with van der Waals surface area (Å²) in [5.41, 5.74) is 0.604. The van der Waals surface area contributed by atoms with Gasteiger partial charge in [-0.2, -0.15) is 0 Å². The van der Waals surface area contributed by atoms with Crippen LogP contribution in [0, 0.1) is 6.92 Å². The van der Waals surface area contributed by atoms with E-state index in [1.165, 1.54) is 6.42 Å². The van der Waals surface area contributed by atoms with E-state index in [0.29, 0.717) is 17.4 Å². The standard InChI is InChI=1S/C15H24N4O/c1-12-16-10-13(11-17-12)15(20)19-8-5-4-6-14(19)7-9-18(2)3/h10-11,14H,4-9H2,1-3H3. The van der Waals surface area contributed by atoms with Crippen LogP contribution in [0.5, 0.6) is 0 Å². The van der Waals surface area contributed by atoms with Crippen LogP contribution in [0.4, 0.5) is 0 Å². The van der Waals surface area contributed by atoms with Crippen LogP contribution in [0.25, 0.3) is 0 Å². The summed E-state index contributed by atoms with van der Waals surface area (Å²) in [6, 6.07) is 0.347. The molecule has 0 spiro atoms. The van der Waals surface area contributed by atoms with Gasteiger partial charge >= 0.3 is 0 Å². The molecule has 0 aromatic carbocycles. The predicted octanol–water partition coefficient (Wildman–Crippen LogP) is 1.73. The van der Waals surface area contributed by atoms with Crippen molar-refractivity contribution >= 4 is 5.91 Å². The van der Waals surface area contributed by atoms with Gasteiger partial charge in [0.05, 0.1) is 5.56 Å². The molecule has 1 atom stereocenters. The number of piperidine rings is 1. The first-order valence-electron chi connectivity index (χ1n) is 7.32. The van der Waals surface area contributed by atoms with Crippen LogP contribution in [-0.2, 0) is 0 Å². The topological polar surface area (TPSA) is 49.3 Å². The Morgan fingerprint density at radius 2 is 2.05 bits per heavy atom. The molecule has 110 valence electrons. The van der Waals surface area contributed by atoms with Crippen LogP contribution in [-0.4, -0.2) is 58.9 Å². The van der Waals surface area contributed by atoms with Gasteiger partial charge in [0.25, 0.3) is 5.91 Å². The van der Waals surface area contributed by atoms with Crippen molar-refractivity contribution in [2.45, 2.75) is 38.6 Å². The molecule has 0 bridgehead atoms. The Hall–Kier alpha value is -1.49. The summed E-state index contributed by atoms with van der Waals surface area (Å²) in [6.45, 7) is 3.69. The van der Waals surface area contributed by atoms with Gasteiger partial charge in [0, 0.05) is 25.0 Å². The fourth-order valence-corrected chi connectivity index (χ4v) is 2.64. The molecule has 1 aromatic heterocycles. The maximum atomic E-state index is 12.6. The summed E-state index contributed by atoms with van der Waals surface area (Å²) in [5.74, 6) is 0.776. The molecular formula is C15H24N4O. The highest BCUT2D eigenvalue weighted by Gasteiger charge is 2.27. The normalized spacial score (nSPS) is 19.4. The lowest BCUT2D eigenvalue weighted by molar-refractivity contribution is 0.0590. The maximum Gasteiger partial charge on any atom is 0.257 e. The van der Waals surface area contributed by atoms with Crippen LogP contribution >= 0.6 is 0 Å². The molecule has 5 heteroatoms. The molecule has 1 amide bonds. The number of aryl methyl sites for hydroxylation is 1. The Morgan fingerprint density at radius 3 is 2.70 bits per heavy atom. The molecule has 1 aliphatic heterocycles.